The highest BCUT2D eigenvalue weighted by Gasteiger charge is 2.24. The van der Waals surface area contributed by atoms with Crippen LogP contribution in [0.4, 0.5) is 11.4 Å². The van der Waals surface area contributed by atoms with Gasteiger partial charge in [0.1, 0.15) is 0 Å². The van der Waals surface area contributed by atoms with Crippen molar-refractivity contribution in [3.05, 3.63) is 60.2 Å². The van der Waals surface area contributed by atoms with Crippen LogP contribution in [0, 0.1) is 0 Å². The van der Waals surface area contributed by atoms with Gasteiger partial charge in [0.25, 0.3) is 11.8 Å². The Morgan fingerprint density at radius 1 is 1.00 bits per heavy atom. The van der Waals surface area contributed by atoms with E-state index in [-0.39, 0.29) is 23.3 Å². The van der Waals surface area contributed by atoms with Crippen molar-refractivity contribution in [2.45, 2.75) is 26.3 Å². The first-order chi connectivity index (χ1) is 13.2. The SMILES string of the molecule is CN(C)c1ccc(NC(=O)c2nc(C(=O)NC(C)(C)C)n3ccccc23)cc1. The Morgan fingerprint density at radius 3 is 2.29 bits per heavy atom. The van der Waals surface area contributed by atoms with Crippen molar-refractivity contribution < 1.29 is 9.59 Å². The minimum atomic E-state index is -0.408. The fraction of sp³-hybridized carbons (Fsp3) is 0.286. The smallest absolute Gasteiger partial charge is 0.288 e. The number of nitrogens with one attached hydrogen (secondary N) is 2. The minimum absolute atomic E-state index is 0.179. The van der Waals surface area contributed by atoms with Crippen LogP contribution in [-0.2, 0) is 0 Å². The summed E-state index contributed by atoms with van der Waals surface area (Å²) in [5.41, 5.74) is 2.06. The molecule has 0 spiro atoms. The first-order valence-corrected chi connectivity index (χ1v) is 9.04. The first kappa shape index (κ1) is 19.4. The van der Waals surface area contributed by atoms with Crippen molar-refractivity contribution in [1.82, 2.24) is 14.7 Å². The van der Waals surface area contributed by atoms with Gasteiger partial charge in [0.2, 0.25) is 5.82 Å². The molecule has 7 nitrogen and oxygen atoms in total. The average Bonchev–Trinajstić information content (AvgIpc) is 3.01. The molecular formula is C21H25N5O2. The van der Waals surface area contributed by atoms with Gasteiger partial charge in [0, 0.05) is 37.2 Å². The molecular weight excluding hydrogens is 354 g/mol. The Kier molecular flexibility index (Phi) is 5.09. The van der Waals surface area contributed by atoms with Crippen LogP contribution in [0.3, 0.4) is 0 Å². The number of aromatic nitrogens is 2. The topological polar surface area (TPSA) is 78.7 Å². The van der Waals surface area contributed by atoms with Gasteiger partial charge in [-0.2, -0.15) is 0 Å². The fourth-order valence-electron chi connectivity index (χ4n) is 2.79. The van der Waals surface area contributed by atoms with Gasteiger partial charge in [-0.05, 0) is 57.2 Å². The highest BCUT2D eigenvalue weighted by Crippen LogP contribution is 2.19. The van der Waals surface area contributed by atoms with E-state index in [0.717, 1.165) is 5.69 Å². The number of amides is 2. The van der Waals surface area contributed by atoms with Crippen LogP contribution in [0.1, 0.15) is 41.9 Å². The summed E-state index contributed by atoms with van der Waals surface area (Å²) in [7, 11) is 3.91. The standard InChI is InChI=1S/C21H25N5O2/c1-21(2,3)24-20(28)18-23-17(16-8-6-7-13-26(16)18)19(27)22-14-9-11-15(12-10-14)25(4)5/h6-13H,1-5H3,(H,22,27)(H,24,28). The number of carbonyl (C=O) groups is 2. The van der Waals surface area contributed by atoms with Crippen LogP contribution < -0.4 is 15.5 Å². The Labute approximate surface area is 164 Å². The molecule has 0 saturated carbocycles. The number of anilines is 2. The van der Waals surface area contributed by atoms with Crippen molar-refractivity contribution in [3.63, 3.8) is 0 Å². The largest absolute Gasteiger partial charge is 0.378 e. The zero-order valence-electron chi connectivity index (χ0n) is 16.8. The predicted octanol–water partition coefficient (Wildman–Crippen LogP) is 3.18. The molecule has 3 rings (SSSR count). The summed E-state index contributed by atoms with van der Waals surface area (Å²) in [5, 5.41) is 5.74. The Balaban J connectivity index is 1.92. The lowest BCUT2D eigenvalue weighted by atomic mass is 10.1. The summed E-state index contributed by atoms with van der Waals surface area (Å²) in [5.74, 6) is -0.516. The molecule has 7 heteroatoms. The summed E-state index contributed by atoms with van der Waals surface area (Å²) in [6, 6.07) is 12.9. The molecule has 2 N–H and O–H groups in total. The lowest BCUT2D eigenvalue weighted by molar-refractivity contribution is 0.0908. The van der Waals surface area contributed by atoms with Gasteiger partial charge in [-0.1, -0.05) is 6.07 Å². The van der Waals surface area contributed by atoms with Crippen molar-refractivity contribution >= 4 is 28.7 Å². The molecule has 0 fully saturated rings. The van der Waals surface area contributed by atoms with Gasteiger partial charge in [0.05, 0.1) is 5.52 Å². The quantitative estimate of drug-likeness (QED) is 0.730. The summed E-state index contributed by atoms with van der Waals surface area (Å²) >= 11 is 0. The van der Waals surface area contributed by atoms with Gasteiger partial charge in [0.15, 0.2) is 5.69 Å². The maximum Gasteiger partial charge on any atom is 0.288 e. The number of rotatable bonds is 4. The Morgan fingerprint density at radius 2 is 1.68 bits per heavy atom. The van der Waals surface area contributed by atoms with E-state index < -0.39 is 5.54 Å². The Bertz CT molecular complexity index is 1010. The monoisotopic (exact) mass is 379 g/mol. The number of fused-ring (bicyclic) bond motifs is 1. The van der Waals surface area contributed by atoms with E-state index >= 15 is 0 Å². The molecule has 0 aliphatic heterocycles. The van der Waals surface area contributed by atoms with E-state index in [1.54, 1.807) is 22.7 Å². The zero-order chi connectivity index (χ0) is 20.5. The molecule has 0 aliphatic rings. The average molecular weight is 379 g/mol. The second-order valence-electron chi connectivity index (χ2n) is 7.84. The predicted molar refractivity (Wildman–Crippen MR) is 111 cm³/mol. The van der Waals surface area contributed by atoms with Crippen molar-refractivity contribution in [2.75, 3.05) is 24.3 Å². The van der Waals surface area contributed by atoms with Crippen LogP contribution in [-0.4, -0.2) is 40.8 Å². The molecule has 0 unspecified atom stereocenters. The molecule has 1 aromatic carbocycles. The molecule has 2 heterocycles. The second-order valence-corrected chi connectivity index (χ2v) is 7.84. The Hall–Kier alpha value is -3.35. The molecule has 2 aromatic heterocycles. The number of hydrogen-bond donors (Lipinski definition) is 2. The third-order valence-electron chi connectivity index (χ3n) is 4.10. The summed E-state index contributed by atoms with van der Waals surface area (Å²) in [4.78, 5) is 31.8. The number of pyridine rings is 1. The van der Waals surface area contributed by atoms with Crippen LogP contribution in [0.15, 0.2) is 48.7 Å². The molecule has 0 aliphatic carbocycles. The van der Waals surface area contributed by atoms with Crippen LogP contribution in [0.2, 0.25) is 0 Å². The number of imidazole rings is 1. The molecule has 0 bridgehead atoms. The number of carbonyl (C=O) groups excluding carboxylic acids is 2. The van der Waals surface area contributed by atoms with Gasteiger partial charge in [-0.25, -0.2) is 4.98 Å². The number of nitrogens with zero attached hydrogens (tertiary/aromatic N) is 3. The van der Waals surface area contributed by atoms with E-state index in [4.69, 9.17) is 0 Å². The maximum absolute atomic E-state index is 12.8. The molecule has 0 atom stereocenters. The van der Waals surface area contributed by atoms with E-state index in [9.17, 15) is 9.59 Å². The molecule has 0 saturated heterocycles. The fourth-order valence-corrected chi connectivity index (χ4v) is 2.79. The van der Waals surface area contributed by atoms with Crippen LogP contribution in [0.5, 0.6) is 0 Å². The lowest BCUT2D eigenvalue weighted by Crippen LogP contribution is -2.41. The third kappa shape index (κ3) is 4.14. The van der Waals surface area contributed by atoms with Gasteiger partial charge < -0.3 is 15.5 Å². The second kappa shape index (κ2) is 7.34. The van der Waals surface area contributed by atoms with E-state index in [1.807, 2.05) is 70.1 Å². The van der Waals surface area contributed by atoms with Gasteiger partial charge in [-0.15, -0.1) is 0 Å². The van der Waals surface area contributed by atoms with Crippen molar-refractivity contribution in [1.29, 1.82) is 0 Å². The van der Waals surface area contributed by atoms with Gasteiger partial charge in [-0.3, -0.25) is 14.0 Å². The van der Waals surface area contributed by atoms with Crippen molar-refractivity contribution in [3.8, 4) is 0 Å². The zero-order valence-corrected chi connectivity index (χ0v) is 16.8. The molecule has 2 amide bonds. The molecule has 0 radical (unpaired) electrons. The first-order valence-electron chi connectivity index (χ1n) is 9.04. The number of hydrogen-bond acceptors (Lipinski definition) is 4. The minimum Gasteiger partial charge on any atom is -0.378 e. The van der Waals surface area contributed by atoms with E-state index in [2.05, 4.69) is 15.6 Å². The van der Waals surface area contributed by atoms with Crippen LogP contribution >= 0.6 is 0 Å². The highest BCUT2D eigenvalue weighted by atomic mass is 16.2. The van der Waals surface area contributed by atoms with Crippen LogP contribution in [0.25, 0.3) is 5.52 Å². The van der Waals surface area contributed by atoms with E-state index in [1.165, 1.54) is 0 Å². The summed E-state index contributed by atoms with van der Waals surface area (Å²) < 4.78 is 1.63. The third-order valence-corrected chi connectivity index (χ3v) is 4.10. The molecule has 3 aromatic rings. The highest BCUT2D eigenvalue weighted by molar-refractivity contribution is 6.09. The summed E-state index contributed by atoms with van der Waals surface area (Å²) in [6.07, 6.45) is 1.72. The van der Waals surface area contributed by atoms with Crippen molar-refractivity contribution in [2.24, 2.45) is 0 Å². The van der Waals surface area contributed by atoms with Gasteiger partial charge >= 0.3 is 0 Å². The molecule has 28 heavy (non-hydrogen) atoms. The molecule has 146 valence electrons. The van der Waals surface area contributed by atoms with E-state index in [0.29, 0.717) is 11.2 Å². The summed E-state index contributed by atoms with van der Waals surface area (Å²) in [6.45, 7) is 5.68. The maximum atomic E-state index is 12.8. The number of benzene rings is 1. The lowest BCUT2D eigenvalue weighted by Gasteiger charge is -2.19. The normalized spacial score (nSPS) is 11.3.